The highest BCUT2D eigenvalue weighted by molar-refractivity contribution is 7.81. The second-order valence-electron chi connectivity index (χ2n) is 15.7. The number of piperidine rings is 2. The molecule has 3 N–H and O–H groups in total. The highest BCUT2D eigenvalue weighted by Gasteiger charge is 2.60. The minimum atomic E-state index is -4.84. The maximum Gasteiger partial charge on any atom is 0.419 e. The maximum atomic E-state index is 14.7. The Hall–Kier alpha value is -5.41. The van der Waals surface area contributed by atoms with Gasteiger partial charge in [0.05, 0.1) is 35.8 Å². The number of halogens is 4. The third kappa shape index (κ3) is 8.46. The normalized spacial score (nSPS) is 21.3. The zero-order chi connectivity index (χ0) is 42.9. The number of nitrogens with one attached hydrogen (secondary N) is 3. The van der Waals surface area contributed by atoms with Crippen molar-refractivity contribution in [3.63, 3.8) is 0 Å². The Morgan fingerprint density at radius 2 is 1.85 bits per heavy atom. The van der Waals surface area contributed by atoms with Gasteiger partial charge < -0.3 is 20.3 Å². The molecular formula is C42H46F4N8O5S. The number of carbonyl (C=O) groups excluding carboxylic acids is 4. The van der Waals surface area contributed by atoms with Crippen LogP contribution in [0.4, 0.5) is 40.3 Å². The van der Waals surface area contributed by atoms with E-state index in [1.807, 2.05) is 30.0 Å². The number of hydrogen-bond donors (Lipinski definition) is 4. The van der Waals surface area contributed by atoms with Gasteiger partial charge in [0.15, 0.2) is 11.2 Å². The van der Waals surface area contributed by atoms with Crippen molar-refractivity contribution in [2.24, 2.45) is 5.92 Å². The molecule has 1 aliphatic carbocycles. The number of nitrogens with zero attached hydrogens (tertiary/aromatic N) is 5. The lowest BCUT2D eigenvalue weighted by atomic mass is 9.75. The molecule has 3 aromatic rings. The fourth-order valence-corrected chi connectivity index (χ4v) is 9.09. The Labute approximate surface area is 350 Å². The summed E-state index contributed by atoms with van der Waals surface area (Å²) in [5.41, 5.74) is -1.95. The van der Waals surface area contributed by atoms with Crippen LogP contribution in [0.1, 0.15) is 82.0 Å². The van der Waals surface area contributed by atoms with Gasteiger partial charge in [-0.25, -0.2) is 9.37 Å². The van der Waals surface area contributed by atoms with E-state index < -0.39 is 52.3 Å². The number of aromatic nitrogens is 1. The van der Waals surface area contributed by atoms with E-state index in [2.05, 4.69) is 25.8 Å². The Bertz CT molecular complexity index is 2210. The fourth-order valence-electron chi connectivity index (χ4n) is 8.50. The van der Waals surface area contributed by atoms with E-state index in [0.29, 0.717) is 68.4 Å². The van der Waals surface area contributed by atoms with E-state index in [-0.39, 0.29) is 35.5 Å². The summed E-state index contributed by atoms with van der Waals surface area (Å²) < 4.78 is 62.5. The summed E-state index contributed by atoms with van der Waals surface area (Å²) in [7, 11) is 0. The molecule has 7 rings (SSSR count). The molecule has 3 atom stereocenters. The number of pyridine rings is 1. The smallest absolute Gasteiger partial charge is 0.419 e. The summed E-state index contributed by atoms with van der Waals surface area (Å²) in [6.45, 7) is 5.56. The molecule has 0 radical (unpaired) electrons. The first-order valence-corrected chi connectivity index (χ1v) is 20.6. The maximum absolute atomic E-state index is 14.7. The lowest BCUT2D eigenvalue weighted by molar-refractivity contribution is -0.138. The number of hydrogen-bond acceptors (Lipinski definition) is 11. The molecule has 18 heteroatoms. The SMILES string of the molecule is CCc1cc(N2[C@H](S)N(c3cnc(C#N)c(C(F)(F)F)c3)C(=O)C23CCC3)ccc1OCCC1CCN([C@@H](C)C(=O)Nc2cc(N[C@H]3CCC(=O)NC3=O)ccc2F)CC1. The second-order valence-corrected chi connectivity index (χ2v) is 16.2. The van der Waals surface area contributed by atoms with E-state index in [1.165, 1.54) is 29.2 Å². The summed E-state index contributed by atoms with van der Waals surface area (Å²) >= 11 is 4.77. The molecule has 2 aromatic carbocycles. The molecule has 4 amide bonds. The average Bonchev–Trinajstić information content (AvgIpc) is 3.45. The van der Waals surface area contributed by atoms with Crippen LogP contribution >= 0.6 is 12.6 Å². The number of rotatable bonds is 12. The molecule has 0 unspecified atom stereocenters. The van der Waals surface area contributed by atoms with Crippen LogP contribution in [0.5, 0.6) is 5.75 Å². The number of imide groups is 1. The number of aryl methyl sites for hydroxylation is 1. The molecule has 3 saturated heterocycles. The van der Waals surface area contributed by atoms with Crippen LogP contribution in [0.15, 0.2) is 48.7 Å². The van der Waals surface area contributed by atoms with Gasteiger partial charge in [0, 0.05) is 17.8 Å². The Balaban J connectivity index is 0.928. The van der Waals surface area contributed by atoms with Gasteiger partial charge in [-0.05, 0) is 125 Å². The molecule has 4 aliphatic rings. The zero-order valence-corrected chi connectivity index (χ0v) is 34.0. The van der Waals surface area contributed by atoms with Crippen molar-refractivity contribution >= 4 is 59.0 Å². The molecule has 4 fully saturated rings. The van der Waals surface area contributed by atoms with Crippen molar-refractivity contribution in [1.29, 1.82) is 5.26 Å². The van der Waals surface area contributed by atoms with Crippen molar-refractivity contribution < 1.29 is 41.5 Å². The lowest BCUT2D eigenvalue weighted by Gasteiger charge is -2.44. The number of anilines is 4. The summed E-state index contributed by atoms with van der Waals surface area (Å²) in [6, 6.07) is 10.9. The standard InChI is InChI=1S/C42H46F4N8O5S/c1-3-26-19-28(54-40(60)53(39(58)41(54)14-4-15-41)29-21-30(42(44,45)46)34(22-47)48-23-29)6-9-35(26)59-18-13-25-11-16-52(17-12-25)24(2)37(56)50-33-20-27(5-7-31(33)43)49-32-8-10-36(55)51-38(32)57/h5-7,9,19-21,23-25,32,40,49,60H,3-4,8,10-18H2,1-2H3,(H,50,56)(H,51,55,57)/t24-,32-,40+/m0/s1. The topological polar surface area (TPSA) is 160 Å². The first kappa shape index (κ1) is 42.7. The van der Waals surface area contributed by atoms with Gasteiger partial charge in [0.25, 0.3) is 5.91 Å². The minimum absolute atomic E-state index is 0.0110. The fraction of sp³-hybridized carbons (Fsp3) is 0.476. The molecule has 60 heavy (non-hydrogen) atoms. The molecule has 0 bridgehead atoms. The molecule has 3 aliphatic heterocycles. The highest BCUT2D eigenvalue weighted by Crippen LogP contribution is 2.51. The van der Waals surface area contributed by atoms with Crippen molar-refractivity contribution in [2.45, 2.75) is 101 Å². The number of benzene rings is 2. The van der Waals surface area contributed by atoms with Crippen molar-refractivity contribution in [1.82, 2.24) is 15.2 Å². The van der Waals surface area contributed by atoms with E-state index >= 15 is 0 Å². The Morgan fingerprint density at radius 1 is 1.10 bits per heavy atom. The Morgan fingerprint density at radius 3 is 2.50 bits per heavy atom. The van der Waals surface area contributed by atoms with Gasteiger partial charge in [-0.3, -0.25) is 34.3 Å². The molecule has 1 aromatic heterocycles. The summed E-state index contributed by atoms with van der Waals surface area (Å²) in [6.07, 6.45) is 1.64. The number of alkyl halides is 3. The summed E-state index contributed by atoms with van der Waals surface area (Å²) in [5, 5.41) is 17.2. The van der Waals surface area contributed by atoms with Crippen molar-refractivity contribution in [3.05, 3.63) is 71.3 Å². The monoisotopic (exact) mass is 850 g/mol. The van der Waals surface area contributed by atoms with Crippen molar-refractivity contribution in [3.8, 4) is 11.8 Å². The summed E-state index contributed by atoms with van der Waals surface area (Å²) in [5.74, 6) is -1.08. The van der Waals surface area contributed by atoms with Gasteiger partial charge in [0.2, 0.25) is 17.7 Å². The highest BCUT2D eigenvalue weighted by atomic mass is 32.1. The second kappa shape index (κ2) is 17.3. The van der Waals surface area contributed by atoms with Crippen LogP contribution in [0.2, 0.25) is 0 Å². The largest absolute Gasteiger partial charge is 0.493 e. The van der Waals surface area contributed by atoms with E-state index in [0.717, 1.165) is 43.5 Å². The van der Waals surface area contributed by atoms with E-state index in [4.69, 9.17) is 17.4 Å². The van der Waals surface area contributed by atoms with Crippen LogP contribution in [-0.2, 0) is 31.8 Å². The molecule has 4 heterocycles. The first-order valence-electron chi connectivity index (χ1n) is 20.1. The van der Waals surface area contributed by atoms with E-state index in [9.17, 15) is 42.0 Å². The van der Waals surface area contributed by atoms with Crippen LogP contribution < -0.4 is 30.5 Å². The number of ether oxygens (including phenoxy) is 1. The molecule has 13 nitrogen and oxygen atoms in total. The number of thiol groups is 1. The molecule has 1 saturated carbocycles. The van der Waals surface area contributed by atoms with Crippen molar-refractivity contribution in [2.75, 3.05) is 40.1 Å². The molecular weight excluding hydrogens is 805 g/mol. The number of amides is 4. The molecule has 1 spiro atoms. The lowest BCUT2D eigenvalue weighted by Crippen LogP contribution is -2.55. The van der Waals surface area contributed by atoms with Crippen LogP contribution in [0.3, 0.4) is 0 Å². The predicted octanol–water partition coefficient (Wildman–Crippen LogP) is 6.39. The van der Waals surface area contributed by atoms with Crippen LogP contribution in [0, 0.1) is 23.1 Å². The third-order valence-electron chi connectivity index (χ3n) is 12.2. The minimum Gasteiger partial charge on any atom is -0.493 e. The van der Waals surface area contributed by atoms with E-state index in [1.54, 1.807) is 6.92 Å². The van der Waals surface area contributed by atoms with Gasteiger partial charge >= 0.3 is 6.18 Å². The summed E-state index contributed by atoms with van der Waals surface area (Å²) in [4.78, 5) is 59.7. The quantitative estimate of drug-likeness (QED) is 0.0915. The molecule has 318 valence electrons. The zero-order valence-electron chi connectivity index (χ0n) is 33.1. The van der Waals surface area contributed by atoms with Crippen LogP contribution in [0.25, 0.3) is 0 Å². The first-order chi connectivity index (χ1) is 28.6. The van der Waals surface area contributed by atoms with Gasteiger partial charge in [-0.15, -0.1) is 12.6 Å². The average molecular weight is 851 g/mol. The predicted molar refractivity (Wildman–Crippen MR) is 218 cm³/mol. The Kier molecular flexibility index (Phi) is 12.3. The number of likely N-dealkylation sites (tertiary alicyclic amines) is 1. The third-order valence-corrected chi connectivity index (χ3v) is 12.6. The van der Waals surface area contributed by atoms with Gasteiger partial charge in [-0.2, -0.15) is 18.4 Å². The number of carbonyl (C=O) groups is 4. The van der Waals surface area contributed by atoms with Crippen LogP contribution in [-0.4, -0.2) is 76.3 Å². The van der Waals surface area contributed by atoms with Gasteiger partial charge in [0.1, 0.15) is 29.2 Å². The number of nitriles is 1. The van der Waals surface area contributed by atoms with Gasteiger partial charge in [-0.1, -0.05) is 6.92 Å².